The number of aryl methyl sites for hydroxylation is 3. The number of nitrogens with zero attached hydrogens (tertiary/aromatic N) is 2. The highest BCUT2D eigenvalue weighted by molar-refractivity contribution is 6.10. The Hall–Kier alpha value is -3.28. The first-order valence-corrected chi connectivity index (χ1v) is 8.45. The maximum Gasteiger partial charge on any atom is 0.356 e. The first-order valence-electron chi connectivity index (χ1n) is 8.45. The van der Waals surface area contributed by atoms with E-state index in [2.05, 4.69) is 6.58 Å². The lowest BCUT2D eigenvalue weighted by Gasteiger charge is -2.10. The van der Waals surface area contributed by atoms with E-state index in [4.69, 9.17) is 9.47 Å². The van der Waals surface area contributed by atoms with Gasteiger partial charge in [0, 0.05) is 24.5 Å². The zero-order valence-corrected chi connectivity index (χ0v) is 16.1. The van der Waals surface area contributed by atoms with Crippen LogP contribution < -0.4 is 0 Å². The van der Waals surface area contributed by atoms with Gasteiger partial charge in [-0.3, -0.25) is 4.40 Å². The molecule has 0 saturated heterocycles. The molecule has 1 aromatic carbocycles. The van der Waals surface area contributed by atoms with Gasteiger partial charge in [-0.2, -0.15) is 0 Å². The maximum absolute atomic E-state index is 12.6. The predicted molar refractivity (Wildman–Crippen MR) is 103 cm³/mol. The minimum Gasteiger partial charge on any atom is -0.465 e. The average molecular weight is 366 g/mol. The predicted octanol–water partition coefficient (Wildman–Crippen LogP) is 3.53. The van der Waals surface area contributed by atoms with Crippen LogP contribution in [0.1, 0.15) is 43.2 Å². The summed E-state index contributed by atoms with van der Waals surface area (Å²) in [5.41, 5.74) is 5.04. The number of imidazole rings is 1. The molecular formula is C21H22N2O4. The van der Waals surface area contributed by atoms with Crippen LogP contribution in [0.4, 0.5) is 0 Å². The zero-order valence-electron chi connectivity index (χ0n) is 16.1. The van der Waals surface area contributed by atoms with E-state index < -0.39 is 11.9 Å². The molecule has 3 aromatic rings. The van der Waals surface area contributed by atoms with Crippen LogP contribution >= 0.6 is 0 Å². The molecule has 27 heavy (non-hydrogen) atoms. The van der Waals surface area contributed by atoms with Crippen molar-refractivity contribution in [2.24, 2.45) is 7.05 Å². The highest BCUT2D eigenvalue weighted by atomic mass is 16.5. The molecule has 0 N–H and O–H groups in total. The van der Waals surface area contributed by atoms with Gasteiger partial charge in [0.25, 0.3) is 0 Å². The van der Waals surface area contributed by atoms with Crippen LogP contribution in [-0.4, -0.2) is 35.1 Å². The second kappa shape index (κ2) is 6.79. The van der Waals surface area contributed by atoms with Gasteiger partial charge in [0.15, 0.2) is 0 Å². The first kappa shape index (κ1) is 18.5. The highest BCUT2D eigenvalue weighted by Crippen LogP contribution is 2.35. The van der Waals surface area contributed by atoms with Crippen molar-refractivity contribution in [1.29, 1.82) is 0 Å². The second-order valence-corrected chi connectivity index (χ2v) is 6.45. The van der Waals surface area contributed by atoms with E-state index in [-0.39, 0.29) is 11.3 Å². The van der Waals surface area contributed by atoms with E-state index in [0.29, 0.717) is 16.8 Å². The van der Waals surface area contributed by atoms with Crippen molar-refractivity contribution in [3.63, 3.8) is 0 Å². The summed E-state index contributed by atoms with van der Waals surface area (Å²) >= 11 is 0. The summed E-state index contributed by atoms with van der Waals surface area (Å²) in [6, 6.07) is 7.83. The number of hydrogen-bond acceptors (Lipinski definition) is 4. The van der Waals surface area contributed by atoms with Gasteiger partial charge >= 0.3 is 11.9 Å². The van der Waals surface area contributed by atoms with Gasteiger partial charge in [0.2, 0.25) is 0 Å². The molecule has 140 valence electrons. The van der Waals surface area contributed by atoms with Crippen LogP contribution in [0, 0.1) is 13.8 Å². The van der Waals surface area contributed by atoms with Gasteiger partial charge in [-0.15, -0.1) is 0 Å². The minimum absolute atomic E-state index is 0.131. The van der Waals surface area contributed by atoms with Gasteiger partial charge in [-0.05, 0) is 25.0 Å². The third kappa shape index (κ3) is 2.83. The monoisotopic (exact) mass is 366 g/mol. The molecular weight excluding hydrogens is 344 g/mol. The summed E-state index contributed by atoms with van der Waals surface area (Å²) in [5, 5.41) is 0. The summed E-state index contributed by atoms with van der Waals surface area (Å²) in [7, 11) is 4.45. The molecule has 3 rings (SSSR count). The molecule has 0 unspecified atom stereocenters. The van der Waals surface area contributed by atoms with E-state index in [0.717, 1.165) is 16.8 Å². The van der Waals surface area contributed by atoms with E-state index in [1.54, 1.807) is 10.6 Å². The molecule has 0 atom stereocenters. The third-order valence-corrected chi connectivity index (χ3v) is 4.81. The van der Waals surface area contributed by atoms with Gasteiger partial charge < -0.3 is 14.0 Å². The molecule has 0 aliphatic carbocycles. The topological polar surface area (TPSA) is 61.9 Å². The molecule has 0 aliphatic heterocycles. The lowest BCUT2D eigenvalue weighted by Crippen LogP contribution is -2.13. The van der Waals surface area contributed by atoms with Gasteiger partial charge in [-0.25, -0.2) is 9.59 Å². The molecule has 0 fully saturated rings. The van der Waals surface area contributed by atoms with Crippen molar-refractivity contribution >= 4 is 23.2 Å². The Morgan fingerprint density at radius 3 is 2.11 bits per heavy atom. The standard InChI is InChI=1S/C21H22N2O4/c1-12-7-9-15(10-8-12)14(3)16-17(20(24)26-5)18(21(25)27-6)23-11-13(2)22(4)19(16)23/h7-11H,3H2,1-2,4-6H3. The van der Waals surface area contributed by atoms with Crippen LogP contribution in [0.15, 0.2) is 37.0 Å². The smallest absolute Gasteiger partial charge is 0.356 e. The quantitative estimate of drug-likeness (QED) is 0.663. The van der Waals surface area contributed by atoms with Crippen LogP contribution in [0.2, 0.25) is 0 Å². The lowest BCUT2D eigenvalue weighted by molar-refractivity contribution is 0.0550. The first-order chi connectivity index (χ1) is 12.8. The average Bonchev–Trinajstić information content (AvgIpc) is 3.14. The van der Waals surface area contributed by atoms with Crippen molar-refractivity contribution in [2.45, 2.75) is 13.8 Å². The Morgan fingerprint density at radius 1 is 0.963 bits per heavy atom. The van der Waals surface area contributed by atoms with E-state index in [1.165, 1.54) is 14.2 Å². The number of rotatable bonds is 4. The molecule has 0 spiro atoms. The fraction of sp³-hybridized carbons (Fsp3) is 0.238. The van der Waals surface area contributed by atoms with Gasteiger partial charge in [-0.1, -0.05) is 36.4 Å². The van der Waals surface area contributed by atoms with Crippen LogP contribution in [0.25, 0.3) is 11.2 Å². The number of carbonyl (C=O) groups excluding carboxylic acids is 2. The molecule has 2 aromatic heterocycles. The lowest BCUT2D eigenvalue weighted by atomic mass is 9.96. The van der Waals surface area contributed by atoms with Crippen LogP contribution in [0.3, 0.4) is 0 Å². The molecule has 0 saturated carbocycles. The fourth-order valence-corrected chi connectivity index (χ4v) is 3.26. The van der Waals surface area contributed by atoms with Crippen molar-refractivity contribution in [3.8, 4) is 0 Å². The Morgan fingerprint density at radius 2 is 1.56 bits per heavy atom. The van der Waals surface area contributed by atoms with Gasteiger partial charge in [0.1, 0.15) is 16.9 Å². The number of aromatic nitrogens is 2. The highest BCUT2D eigenvalue weighted by Gasteiger charge is 2.32. The summed E-state index contributed by atoms with van der Waals surface area (Å²) < 4.78 is 13.5. The molecule has 0 amide bonds. The van der Waals surface area contributed by atoms with Crippen LogP contribution in [0.5, 0.6) is 0 Å². The Balaban J connectivity index is 2.42. The molecule has 2 heterocycles. The summed E-state index contributed by atoms with van der Waals surface area (Å²) in [6.07, 6.45) is 1.79. The van der Waals surface area contributed by atoms with E-state index >= 15 is 0 Å². The number of carbonyl (C=O) groups is 2. The van der Waals surface area contributed by atoms with Gasteiger partial charge in [0.05, 0.1) is 14.2 Å². The molecule has 6 heteroatoms. The number of methoxy groups -OCH3 is 2. The van der Waals surface area contributed by atoms with Crippen molar-refractivity contribution < 1.29 is 19.1 Å². The molecule has 0 aliphatic rings. The minimum atomic E-state index is -0.612. The summed E-state index contributed by atoms with van der Waals surface area (Å²) in [4.78, 5) is 25.2. The molecule has 0 radical (unpaired) electrons. The fourth-order valence-electron chi connectivity index (χ4n) is 3.26. The van der Waals surface area contributed by atoms with E-state index in [1.807, 2.05) is 49.7 Å². The Kier molecular flexibility index (Phi) is 4.66. The zero-order chi connectivity index (χ0) is 19.9. The van der Waals surface area contributed by atoms with E-state index in [9.17, 15) is 9.59 Å². The Labute approximate surface area is 157 Å². The largest absolute Gasteiger partial charge is 0.465 e. The second-order valence-electron chi connectivity index (χ2n) is 6.45. The number of hydrogen-bond donors (Lipinski definition) is 0. The number of esters is 2. The third-order valence-electron chi connectivity index (χ3n) is 4.81. The number of benzene rings is 1. The molecule has 0 bridgehead atoms. The van der Waals surface area contributed by atoms with Crippen molar-refractivity contribution in [2.75, 3.05) is 14.2 Å². The Bertz CT molecular complexity index is 1070. The number of ether oxygens (including phenoxy) is 2. The SMILES string of the molecule is C=C(c1ccc(C)cc1)c1c(C(=O)OC)c(C(=O)OC)n2cc(C)n(C)c12. The number of fused-ring (bicyclic) bond motifs is 1. The van der Waals surface area contributed by atoms with Crippen molar-refractivity contribution in [3.05, 3.63) is 70.7 Å². The van der Waals surface area contributed by atoms with Crippen LogP contribution in [-0.2, 0) is 16.5 Å². The van der Waals surface area contributed by atoms with Crippen molar-refractivity contribution in [1.82, 2.24) is 8.97 Å². The molecule has 6 nitrogen and oxygen atoms in total. The summed E-state index contributed by atoms with van der Waals surface area (Å²) in [5.74, 6) is -1.22. The maximum atomic E-state index is 12.6. The summed E-state index contributed by atoms with van der Waals surface area (Å²) in [6.45, 7) is 8.13. The normalized spacial score (nSPS) is 10.9.